The van der Waals surface area contributed by atoms with Crippen LogP contribution in [-0.4, -0.2) is 34.5 Å². The topological polar surface area (TPSA) is 66.8 Å². The molecule has 5 unspecified atom stereocenters. The van der Waals surface area contributed by atoms with E-state index < -0.39 is 18.3 Å². The molecule has 0 aromatic heterocycles. The molecule has 0 aromatic carbocycles. The van der Waals surface area contributed by atoms with Crippen molar-refractivity contribution in [3.05, 3.63) is 11.1 Å². The van der Waals surface area contributed by atoms with Gasteiger partial charge < -0.3 is 14.9 Å². The summed E-state index contributed by atoms with van der Waals surface area (Å²) in [4.78, 5) is 12.4. The van der Waals surface area contributed by atoms with Gasteiger partial charge in [0.15, 0.2) is 0 Å². The molecule has 2 N–H and O–H groups in total. The van der Waals surface area contributed by atoms with Crippen molar-refractivity contribution in [2.24, 2.45) is 23.2 Å². The summed E-state index contributed by atoms with van der Waals surface area (Å²) in [5.74, 6) is 1.53. The number of esters is 1. The van der Waals surface area contributed by atoms with Crippen LogP contribution in [0.3, 0.4) is 0 Å². The van der Waals surface area contributed by atoms with Crippen LogP contribution < -0.4 is 0 Å². The maximum absolute atomic E-state index is 12.4. The average Bonchev–Trinajstić information content (AvgIpc) is 2.60. The smallest absolute Gasteiger partial charge is 0.309 e. The lowest BCUT2D eigenvalue weighted by Crippen LogP contribution is -2.53. The van der Waals surface area contributed by atoms with Crippen molar-refractivity contribution < 1.29 is 19.7 Å². The molecule has 0 amide bonds. The Bertz CT molecular complexity index is 595. The normalized spacial score (nSPS) is 37.6. The minimum atomic E-state index is -1.02. The fourth-order valence-corrected chi connectivity index (χ4v) is 6.37. The molecule has 27 heavy (non-hydrogen) atoms. The summed E-state index contributed by atoms with van der Waals surface area (Å²) < 4.78 is 5.99. The van der Waals surface area contributed by atoms with Crippen LogP contribution in [0.1, 0.15) is 85.5 Å². The van der Waals surface area contributed by atoms with Crippen LogP contribution in [0.5, 0.6) is 0 Å². The quantitative estimate of drug-likeness (QED) is 0.550. The lowest BCUT2D eigenvalue weighted by molar-refractivity contribution is -0.180. The highest BCUT2D eigenvalue weighted by atomic mass is 16.6. The van der Waals surface area contributed by atoms with Crippen LogP contribution in [-0.2, 0) is 9.53 Å². The minimum Gasteiger partial charge on any atom is -0.459 e. The number of rotatable bonds is 5. The third-order valence-electron chi connectivity index (χ3n) is 7.90. The molecule has 0 spiro atoms. The van der Waals surface area contributed by atoms with Gasteiger partial charge in [-0.25, -0.2) is 0 Å². The zero-order chi connectivity index (χ0) is 19.8. The van der Waals surface area contributed by atoms with E-state index in [1.807, 2.05) is 0 Å². The van der Waals surface area contributed by atoms with E-state index >= 15 is 0 Å². The number of allylic oxidation sites excluding steroid dienone is 2. The first kappa shape index (κ1) is 20.9. The van der Waals surface area contributed by atoms with Gasteiger partial charge in [-0.15, -0.1) is 0 Å². The van der Waals surface area contributed by atoms with Crippen molar-refractivity contribution in [3.8, 4) is 0 Å². The van der Waals surface area contributed by atoms with Crippen molar-refractivity contribution >= 4 is 5.97 Å². The molecule has 4 heteroatoms. The lowest BCUT2D eigenvalue weighted by atomic mass is 9.51. The Morgan fingerprint density at radius 2 is 1.96 bits per heavy atom. The second-order valence-electron chi connectivity index (χ2n) is 10.0. The van der Waals surface area contributed by atoms with Gasteiger partial charge in [-0.3, -0.25) is 4.79 Å². The zero-order valence-electron chi connectivity index (χ0n) is 17.6. The maximum Gasteiger partial charge on any atom is 0.309 e. The van der Waals surface area contributed by atoms with Crippen molar-refractivity contribution in [2.75, 3.05) is 6.61 Å². The first-order valence-corrected chi connectivity index (χ1v) is 10.9. The molecular formula is C23H38O4. The Kier molecular flexibility index (Phi) is 6.08. The van der Waals surface area contributed by atoms with Crippen LogP contribution in [0.15, 0.2) is 11.1 Å². The Balaban J connectivity index is 1.80. The molecule has 0 radical (unpaired) electrons. The Morgan fingerprint density at radius 3 is 2.63 bits per heavy atom. The molecule has 5 atom stereocenters. The number of ether oxygens (including phenoxy) is 1. The molecule has 3 rings (SSSR count). The summed E-state index contributed by atoms with van der Waals surface area (Å²) >= 11 is 0. The number of carbonyl (C=O) groups is 1. The van der Waals surface area contributed by atoms with Crippen molar-refractivity contribution in [1.82, 2.24) is 0 Å². The van der Waals surface area contributed by atoms with Gasteiger partial charge in [-0.1, -0.05) is 31.9 Å². The average molecular weight is 379 g/mol. The Hall–Kier alpha value is -0.870. The van der Waals surface area contributed by atoms with Gasteiger partial charge in [0.05, 0.1) is 19.1 Å². The number of hydrogen-bond acceptors (Lipinski definition) is 4. The monoisotopic (exact) mass is 378 g/mol. The Labute approximate surface area is 164 Å². The van der Waals surface area contributed by atoms with Crippen molar-refractivity contribution in [3.63, 3.8) is 0 Å². The summed E-state index contributed by atoms with van der Waals surface area (Å²) in [6.45, 7) is 8.81. The summed E-state index contributed by atoms with van der Waals surface area (Å²) in [5, 5.41) is 18.6. The first-order valence-electron chi connectivity index (χ1n) is 10.9. The van der Waals surface area contributed by atoms with Crippen LogP contribution in [0.25, 0.3) is 0 Å². The molecule has 0 saturated heterocycles. The molecule has 4 nitrogen and oxygen atoms in total. The van der Waals surface area contributed by atoms with E-state index in [9.17, 15) is 9.90 Å². The summed E-state index contributed by atoms with van der Waals surface area (Å²) in [5.41, 5.74) is 3.04. The van der Waals surface area contributed by atoms with Gasteiger partial charge in [-0.05, 0) is 75.5 Å². The highest BCUT2D eigenvalue weighted by molar-refractivity contribution is 5.70. The molecule has 3 aliphatic rings. The number of carbonyl (C=O) groups excluding carboxylic acids is 1. The van der Waals surface area contributed by atoms with Crippen LogP contribution in [0.2, 0.25) is 0 Å². The van der Waals surface area contributed by atoms with Crippen molar-refractivity contribution in [2.45, 2.75) is 97.2 Å². The fourth-order valence-electron chi connectivity index (χ4n) is 6.37. The lowest BCUT2D eigenvalue weighted by Gasteiger charge is -2.56. The third kappa shape index (κ3) is 3.98. The fraction of sp³-hybridized carbons (Fsp3) is 0.870. The second-order valence-corrected chi connectivity index (χ2v) is 10.0. The summed E-state index contributed by atoms with van der Waals surface area (Å²) in [6.07, 6.45) is 8.00. The van der Waals surface area contributed by atoms with Gasteiger partial charge >= 0.3 is 5.97 Å². The molecule has 154 valence electrons. The van der Waals surface area contributed by atoms with Gasteiger partial charge in [0.25, 0.3) is 0 Å². The third-order valence-corrected chi connectivity index (χ3v) is 7.90. The molecule has 0 aliphatic heterocycles. The summed E-state index contributed by atoms with van der Waals surface area (Å²) in [7, 11) is 0. The molecule has 0 bridgehead atoms. The van der Waals surface area contributed by atoms with Crippen molar-refractivity contribution in [1.29, 1.82) is 0 Å². The van der Waals surface area contributed by atoms with E-state index in [1.54, 1.807) is 11.1 Å². The first-order chi connectivity index (χ1) is 12.7. The van der Waals surface area contributed by atoms with E-state index in [1.165, 1.54) is 25.7 Å². The van der Waals surface area contributed by atoms with Gasteiger partial charge in [0.1, 0.15) is 5.60 Å². The zero-order valence-corrected chi connectivity index (χ0v) is 17.6. The molecule has 3 aliphatic carbocycles. The molecule has 0 heterocycles. The standard InChI is InChI=1S/C23H38O4/c1-15(2)16-6-8-19-17(12-16)7-9-20-22(19,3)10-5-11-23(20,4)27-21(26)13-18(25)14-24/h15-16,18,20,24-25H,5-14H2,1-4H3. The molecule has 1 fully saturated rings. The maximum atomic E-state index is 12.4. The van der Waals surface area contributed by atoms with E-state index in [0.717, 1.165) is 37.5 Å². The predicted octanol–water partition coefficient (Wildman–Crippen LogP) is 4.38. The Morgan fingerprint density at radius 1 is 1.22 bits per heavy atom. The molecular weight excluding hydrogens is 340 g/mol. The highest BCUT2D eigenvalue weighted by Gasteiger charge is 2.55. The number of hydrogen-bond donors (Lipinski definition) is 2. The van der Waals surface area contributed by atoms with Gasteiger partial charge in [0.2, 0.25) is 0 Å². The second kappa shape index (κ2) is 7.87. The number of aliphatic hydroxyl groups is 2. The number of fused-ring (bicyclic) bond motifs is 2. The largest absolute Gasteiger partial charge is 0.459 e. The van der Waals surface area contributed by atoms with Crippen LogP contribution in [0.4, 0.5) is 0 Å². The summed E-state index contributed by atoms with van der Waals surface area (Å²) in [6, 6.07) is 0. The van der Waals surface area contributed by atoms with E-state index in [2.05, 4.69) is 27.7 Å². The molecule has 0 aromatic rings. The van der Waals surface area contributed by atoms with E-state index in [-0.39, 0.29) is 17.8 Å². The number of aliphatic hydroxyl groups excluding tert-OH is 2. The predicted molar refractivity (Wildman–Crippen MR) is 106 cm³/mol. The molecule has 1 saturated carbocycles. The van der Waals surface area contributed by atoms with E-state index in [0.29, 0.717) is 5.92 Å². The minimum absolute atomic E-state index is 0.125. The van der Waals surface area contributed by atoms with Crippen LogP contribution in [0, 0.1) is 23.2 Å². The SMILES string of the molecule is CC(C)C1CCC2=C(CCC3C(C)(OC(=O)CC(O)CO)CCCC23C)C1. The highest BCUT2D eigenvalue weighted by Crippen LogP contribution is 2.60. The van der Waals surface area contributed by atoms with E-state index in [4.69, 9.17) is 9.84 Å². The van der Waals surface area contributed by atoms with Gasteiger partial charge in [0, 0.05) is 5.92 Å². The van der Waals surface area contributed by atoms with Crippen LogP contribution >= 0.6 is 0 Å². The van der Waals surface area contributed by atoms with Gasteiger partial charge in [-0.2, -0.15) is 0 Å².